The molecule has 0 aromatic carbocycles. The van der Waals surface area contributed by atoms with Crippen molar-refractivity contribution in [3.8, 4) is 0 Å². The fourth-order valence-electron chi connectivity index (χ4n) is 2.06. The van der Waals surface area contributed by atoms with Crippen molar-refractivity contribution in [3.05, 3.63) is 28.5 Å². The minimum absolute atomic E-state index is 0.0750. The fraction of sp³-hybridized carbons (Fsp3) is 0.500. The van der Waals surface area contributed by atoms with Crippen LogP contribution in [0.1, 0.15) is 31.9 Å². The van der Waals surface area contributed by atoms with E-state index >= 15 is 0 Å². The summed E-state index contributed by atoms with van der Waals surface area (Å²) < 4.78 is 0. The van der Waals surface area contributed by atoms with Gasteiger partial charge in [-0.1, -0.05) is 11.6 Å². The van der Waals surface area contributed by atoms with Crippen LogP contribution in [0.5, 0.6) is 0 Å². The largest absolute Gasteiger partial charge is 0.395 e. The normalized spacial score (nSPS) is 14.5. The number of pyridine rings is 1. The number of halogens is 1. The number of hydrogen-bond donors (Lipinski definition) is 2. The molecular weight excluding hydrogens is 262 g/mol. The predicted octanol–water partition coefficient (Wildman–Crippen LogP) is 2.72. The van der Waals surface area contributed by atoms with Gasteiger partial charge in [-0.25, -0.2) is 4.98 Å². The number of nitrogens with zero attached hydrogens (tertiary/aromatic N) is 2. The van der Waals surface area contributed by atoms with E-state index in [0.29, 0.717) is 11.7 Å². The molecule has 0 fully saturated rings. The topological polar surface area (TPSA) is 48.4 Å². The van der Waals surface area contributed by atoms with Crippen LogP contribution in [0.3, 0.4) is 0 Å². The quantitative estimate of drug-likeness (QED) is 0.837. The maximum atomic E-state index is 9.04. The second-order valence-corrected chi connectivity index (χ2v) is 6.13. The van der Waals surface area contributed by atoms with E-state index < -0.39 is 0 Å². The number of fused-ring (bicyclic) bond motifs is 1. The van der Waals surface area contributed by atoms with Crippen LogP contribution in [0, 0.1) is 0 Å². The van der Waals surface area contributed by atoms with Crippen LogP contribution in [0.15, 0.2) is 12.3 Å². The zero-order chi connectivity index (χ0) is 14.0. The van der Waals surface area contributed by atoms with Crippen molar-refractivity contribution < 1.29 is 5.11 Å². The van der Waals surface area contributed by atoms with Crippen molar-refractivity contribution in [2.24, 2.45) is 0 Å². The third-order valence-corrected chi connectivity index (χ3v) is 3.03. The average Bonchev–Trinajstić information content (AvgIpc) is 2.28. The van der Waals surface area contributed by atoms with E-state index in [1.54, 1.807) is 0 Å². The molecule has 1 aliphatic rings. The zero-order valence-electron chi connectivity index (χ0n) is 11.6. The molecule has 0 aliphatic carbocycles. The summed E-state index contributed by atoms with van der Waals surface area (Å²) in [5.74, 6) is 0.822. The lowest BCUT2D eigenvalue weighted by Gasteiger charge is -2.29. The Labute approximate surface area is 119 Å². The fourth-order valence-corrected chi connectivity index (χ4v) is 2.26. The van der Waals surface area contributed by atoms with Crippen molar-refractivity contribution in [2.75, 3.05) is 18.5 Å². The number of β-amino-alcohol motifs (C(OH)–C–C–N with tert-alkyl or cyclic N) is 1. The summed E-state index contributed by atoms with van der Waals surface area (Å²) >= 11 is 6.07. The lowest BCUT2D eigenvalue weighted by atomic mass is 10.0. The molecule has 104 valence electrons. The molecule has 1 aliphatic heterocycles. The van der Waals surface area contributed by atoms with Gasteiger partial charge in [-0.3, -0.25) is 0 Å². The predicted molar refractivity (Wildman–Crippen MR) is 79.2 cm³/mol. The Morgan fingerprint density at radius 1 is 1.47 bits per heavy atom. The number of hydrogen-bond acceptors (Lipinski definition) is 4. The van der Waals surface area contributed by atoms with Crippen LogP contribution < -0.4 is 5.32 Å². The van der Waals surface area contributed by atoms with Gasteiger partial charge in [0, 0.05) is 30.4 Å². The highest BCUT2D eigenvalue weighted by atomic mass is 35.5. The van der Waals surface area contributed by atoms with Crippen molar-refractivity contribution in [1.29, 1.82) is 0 Å². The highest BCUT2D eigenvalue weighted by Gasteiger charge is 2.20. The number of rotatable bonds is 3. The van der Waals surface area contributed by atoms with Gasteiger partial charge in [0.2, 0.25) is 0 Å². The van der Waals surface area contributed by atoms with Crippen LogP contribution in [-0.2, 0) is 6.54 Å². The summed E-state index contributed by atoms with van der Waals surface area (Å²) in [6.07, 6.45) is 3.99. The molecule has 0 bridgehead atoms. The molecule has 1 aromatic heterocycles. The first-order valence-electron chi connectivity index (χ1n) is 6.40. The van der Waals surface area contributed by atoms with Crippen LogP contribution in [0.4, 0.5) is 5.82 Å². The van der Waals surface area contributed by atoms with E-state index in [2.05, 4.69) is 36.0 Å². The SMILES string of the molecule is CC(C)(C)Nc1nc(Cl)cc2c1CN(CCO)C=C2. The third-order valence-electron chi connectivity index (χ3n) is 2.83. The van der Waals surface area contributed by atoms with Gasteiger partial charge in [-0.2, -0.15) is 0 Å². The van der Waals surface area contributed by atoms with Gasteiger partial charge in [0.1, 0.15) is 11.0 Å². The maximum Gasteiger partial charge on any atom is 0.133 e. The van der Waals surface area contributed by atoms with Crippen molar-refractivity contribution >= 4 is 23.5 Å². The molecule has 1 aromatic rings. The summed E-state index contributed by atoms with van der Waals surface area (Å²) in [6.45, 7) is 7.76. The number of aliphatic hydroxyl groups is 1. The minimum atomic E-state index is -0.0750. The highest BCUT2D eigenvalue weighted by molar-refractivity contribution is 6.29. The minimum Gasteiger partial charge on any atom is -0.395 e. The van der Waals surface area contributed by atoms with Gasteiger partial charge in [0.15, 0.2) is 0 Å². The van der Waals surface area contributed by atoms with E-state index in [1.165, 1.54) is 0 Å². The first-order chi connectivity index (χ1) is 8.89. The standard InChI is InChI=1S/C14H20ClN3O/c1-14(2,3)17-13-11-9-18(6-7-19)5-4-10(11)8-12(15)16-13/h4-5,8,19H,6-7,9H2,1-3H3,(H,16,17). The Kier molecular flexibility index (Phi) is 4.02. The Hall–Kier alpha value is -1.26. The Morgan fingerprint density at radius 2 is 2.21 bits per heavy atom. The van der Waals surface area contributed by atoms with E-state index in [9.17, 15) is 0 Å². The van der Waals surface area contributed by atoms with Crippen molar-refractivity contribution in [3.63, 3.8) is 0 Å². The molecule has 2 N–H and O–H groups in total. The zero-order valence-corrected chi connectivity index (χ0v) is 12.3. The second-order valence-electron chi connectivity index (χ2n) is 5.75. The molecule has 0 saturated heterocycles. The van der Waals surface area contributed by atoms with Crippen LogP contribution >= 0.6 is 11.6 Å². The van der Waals surface area contributed by atoms with Gasteiger partial charge in [-0.05, 0) is 38.5 Å². The molecule has 0 amide bonds. The molecule has 4 nitrogen and oxygen atoms in total. The molecule has 0 spiro atoms. The molecule has 5 heteroatoms. The lowest BCUT2D eigenvalue weighted by molar-refractivity contribution is 0.232. The summed E-state index contributed by atoms with van der Waals surface area (Å²) in [6, 6.07) is 1.87. The summed E-state index contributed by atoms with van der Waals surface area (Å²) in [5, 5.41) is 12.9. The summed E-state index contributed by atoms with van der Waals surface area (Å²) in [4.78, 5) is 6.46. The first-order valence-corrected chi connectivity index (χ1v) is 6.77. The molecule has 19 heavy (non-hydrogen) atoms. The van der Waals surface area contributed by atoms with Crippen molar-refractivity contribution in [2.45, 2.75) is 32.9 Å². The van der Waals surface area contributed by atoms with Gasteiger partial charge in [0.25, 0.3) is 0 Å². The molecular formula is C14H20ClN3O. The second kappa shape index (κ2) is 5.39. The number of nitrogens with one attached hydrogen (secondary N) is 1. The smallest absolute Gasteiger partial charge is 0.133 e. The molecule has 0 unspecified atom stereocenters. The van der Waals surface area contributed by atoms with Crippen LogP contribution in [0.25, 0.3) is 6.08 Å². The van der Waals surface area contributed by atoms with E-state index in [-0.39, 0.29) is 12.1 Å². The van der Waals surface area contributed by atoms with Crippen molar-refractivity contribution in [1.82, 2.24) is 9.88 Å². The van der Waals surface area contributed by atoms with E-state index in [0.717, 1.165) is 23.5 Å². The molecule has 0 saturated carbocycles. The number of aromatic nitrogens is 1. The summed E-state index contributed by atoms with van der Waals surface area (Å²) in [5.41, 5.74) is 2.13. The Morgan fingerprint density at radius 3 is 2.84 bits per heavy atom. The van der Waals surface area contributed by atoms with E-state index in [1.807, 2.05) is 18.3 Å². The van der Waals surface area contributed by atoms with Gasteiger partial charge < -0.3 is 15.3 Å². The maximum absolute atomic E-state index is 9.04. The molecule has 2 heterocycles. The number of aliphatic hydroxyl groups excluding tert-OH is 1. The average molecular weight is 282 g/mol. The van der Waals surface area contributed by atoms with Crippen LogP contribution in [0.2, 0.25) is 5.15 Å². The van der Waals surface area contributed by atoms with Gasteiger partial charge in [-0.15, -0.1) is 0 Å². The Bertz CT molecular complexity index is 494. The Balaban J connectivity index is 2.35. The molecule has 2 rings (SSSR count). The van der Waals surface area contributed by atoms with E-state index in [4.69, 9.17) is 16.7 Å². The molecule has 0 radical (unpaired) electrons. The monoisotopic (exact) mass is 281 g/mol. The molecule has 0 atom stereocenters. The first kappa shape index (κ1) is 14.2. The van der Waals surface area contributed by atoms with Crippen LogP contribution in [-0.4, -0.2) is 33.7 Å². The van der Waals surface area contributed by atoms with Gasteiger partial charge >= 0.3 is 0 Å². The summed E-state index contributed by atoms with van der Waals surface area (Å²) in [7, 11) is 0. The third kappa shape index (κ3) is 3.61. The number of anilines is 1. The van der Waals surface area contributed by atoms with Gasteiger partial charge in [0.05, 0.1) is 6.61 Å². The lowest BCUT2D eigenvalue weighted by Crippen LogP contribution is -2.30. The highest BCUT2D eigenvalue weighted by Crippen LogP contribution is 2.29.